The summed E-state index contributed by atoms with van der Waals surface area (Å²) in [5.41, 5.74) is -0.436. The molecule has 4 rings (SSSR count). The van der Waals surface area contributed by atoms with E-state index >= 15 is 0 Å². The first kappa shape index (κ1) is 27.4. The molecule has 0 atom stereocenters. The van der Waals surface area contributed by atoms with Crippen molar-refractivity contribution in [3.63, 3.8) is 0 Å². The van der Waals surface area contributed by atoms with Gasteiger partial charge >= 0.3 is 6.18 Å². The Labute approximate surface area is 216 Å². The number of hydrogen-bond donors (Lipinski definition) is 1. The van der Waals surface area contributed by atoms with Gasteiger partial charge in [0.15, 0.2) is 5.13 Å². The van der Waals surface area contributed by atoms with Crippen molar-refractivity contribution in [1.29, 1.82) is 0 Å². The molecule has 0 saturated carbocycles. The summed E-state index contributed by atoms with van der Waals surface area (Å²) in [4.78, 5) is 18.3. The van der Waals surface area contributed by atoms with Gasteiger partial charge in [-0.15, -0.1) is 0 Å². The van der Waals surface area contributed by atoms with Crippen molar-refractivity contribution < 1.29 is 30.8 Å². The lowest BCUT2D eigenvalue weighted by Crippen LogP contribution is -2.51. The van der Waals surface area contributed by atoms with Gasteiger partial charge in [-0.05, 0) is 63.1 Å². The molecule has 1 aromatic heterocycles. The van der Waals surface area contributed by atoms with Gasteiger partial charge in [0.2, 0.25) is 15.9 Å². The largest absolute Gasteiger partial charge is 0.416 e. The molecule has 1 saturated heterocycles. The first-order valence-electron chi connectivity index (χ1n) is 11.6. The molecule has 1 amide bonds. The number of anilines is 1. The Hall–Kier alpha value is -2.61. The Morgan fingerprint density at radius 1 is 1.19 bits per heavy atom. The molecule has 0 spiro atoms. The third kappa shape index (κ3) is 6.28. The lowest BCUT2D eigenvalue weighted by molar-refractivity contribution is -0.137. The summed E-state index contributed by atoms with van der Waals surface area (Å²) >= 11 is 1.17. The highest BCUT2D eigenvalue weighted by Gasteiger charge is 2.38. The number of halogens is 4. The minimum Gasteiger partial charge on any atom is -0.301 e. The average molecular weight is 559 g/mol. The third-order valence-corrected chi connectivity index (χ3v) is 9.18. The fourth-order valence-electron chi connectivity index (χ4n) is 4.50. The molecule has 1 aliphatic rings. The summed E-state index contributed by atoms with van der Waals surface area (Å²) in [6, 6.07) is 7.08. The minimum absolute atomic E-state index is 0.0685. The molecular formula is C24H26F4N4O3S2. The number of amides is 1. The van der Waals surface area contributed by atoms with Gasteiger partial charge in [-0.2, -0.15) is 17.5 Å². The van der Waals surface area contributed by atoms with E-state index in [0.717, 1.165) is 12.1 Å². The van der Waals surface area contributed by atoms with Crippen molar-refractivity contribution in [2.45, 2.75) is 49.8 Å². The number of alkyl halides is 3. The summed E-state index contributed by atoms with van der Waals surface area (Å²) < 4.78 is 81.5. The number of thiazole rings is 1. The van der Waals surface area contributed by atoms with Crippen LogP contribution in [0.5, 0.6) is 0 Å². The maximum atomic E-state index is 13.4. The van der Waals surface area contributed by atoms with Crippen molar-refractivity contribution in [1.82, 2.24) is 14.2 Å². The highest BCUT2D eigenvalue weighted by atomic mass is 32.2. The highest BCUT2D eigenvalue weighted by Crippen LogP contribution is 2.33. The molecule has 0 radical (unpaired) electrons. The fraction of sp³-hybridized carbons (Fsp3) is 0.417. The maximum Gasteiger partial charge on any atom is 0.416 e. The first-order valence-corrected chi connectivity index (χ1v) is 13.9. The van der Waals surface area contributed by atoms with Gasteiger partial charge in [-0.3, -0.25) is 9.69 Å². The SMILES string of the molecule is CC(C)N(C1CCN(CC(=O)Nc2nc3ccc(F)cc3s2)CC1)S(=O)(=O)c1cccc(C(F)(F)F)c1. The number of carbonyl (C=O) groups excluding carboxylic acids is 1. The third-order valence-electron chi connectivity index (χ3n) is 6.13. The number of rotatable bonds is 7. The Balaban J connectivity index is 1.39. The number of likely N-dealkylation sites (tertiary alicyclic amines) is 1. The topological polar surface area (TPSA) is 82.6 Å². The molecule has 7 nitrogen and oxygen atoms in total. The first-order chi connectivity index (χ1) is 17.3. The lowest BCUT2D eigenvalue weighted by Gasteiger charge is -2.39. The molecule has 200 valence electrons. The van der Waals surface area contributed by atoms with Crippen LogP contribution >= 0.6 is 11.3 Å². The molecule has 2 aromatic carbocycles. The van der Waals surface area contributed by atoms with Crippen LogP contribution in [0.15, 0.2) is 47.4 Å². The summed E-state index contributed by atoms with van der Waals surface area (Å²) in [5, 5.41) is 3.08. The molecule has 1 fully saturated rings. The van der Waals surface area contributed by atoms with Gasteiger partial charge in [0.25, 0.3) is 0 Å². The second kappa shape index (κ2) is 10.6. The molecule has 1 aliphatic heterocycles. The van der Waals surface area contributed by atoms with Gasteiger partial charge in [-0.25, -0.2) is 17.8 Å². The Bertz CT molecular complexity index is 1380. The Morgan fingerprint density at radius 3 is 2.54 bits per heavy atom. The molecule has 0 unspecified atom stereocenters. The zero-order valence-electron chi connectivity index (χ0n) is 20.1. The van der Waals surface area contributed by atoms with E-state index in [2.05, 4.69) is 10.3 Å². The maximum absolute atomic E-state index is 13.4. The van der Waals surface area contributed by atoms with Crippen LogP contribution in [0.1, 0.15) is 32.3 Å². The van der Waals surface area contributed by atoms with Crippen molar-refractivity contribution >= 4 is 42.6 Å². The van der Waals surface area contributed by atoms with E-state index in [1.54, 1.807) is 13.8 Å². The number of piperidine rings is 1. The molecular weight excluding hydrogens is 532 g/mol. The van der Waals surface area contributed by atoms with E-state index in [0.29, 0.717) is 47.3 Å². The van der Waals surface area contributed by atoms with Crippen LogP contribution in [0, 0.1) is 5.82 Å². The van der Waals surface area contributed by atoms with E-state index in [9.17, 15) is 30.8 Å². The molecule has 3 aromatic rings. The van der Waals surface area contributed by atoms with Crippen LogP contribution < -0.4 is 5.32 Å². The van der Waals surface area contributed by atoms with E-state index in [1.807, 2.05) is 4.90 Å². The normalized spacial score (nSPS) is 16.1. The zero-order valence-corrected chi connectivity index (χ0v) is 21.8. The van der Waals surface area contributed by atoms with Crippen LogP contribution in [0.3, 0.4) is 0 Å². The smallest absolute Gasteiger partial charge is 0.301 e. The standard InChI is InChI=1S/C24H26F4N4O3S2/c1-15(2)32(37(34,35)19-5-3-4-16(12-19)24(26,27)28)18-8-10-31(11-9-18)14-22(33)30-23-29-20-7-6-17(25)13-21(20)36-23/h3-7,12-13,15,18H,8-11,14H2,1-2H3,(H,29,30,33). The monoisotopic (exact) mass is 558 g/mol. The van der Waals surface area contributed by atoms with E-state index < -0.39 is 38.7 Å². The molecule has 0 aliphatic carbocycles. The molecule has 2 heterocycles. The van der Waals surface area contributed by atoms with Gasteiger partial charge in [0.1, 0.15) is 5.82 Å². The quantitative estimate of drug-likeness (QED) is 0.415. The molecule has 13 heteroatoms. The number of nitrogens with one attached hydrogen (secondary N) is 1. The highest BCUT2D eigenvalue weighted by molar-refractivity contribution is 7.89. The van der Waals surface area contributed by atoms with Crippen LogP contribution in [-0.4, -0.2) is 60.2 Å². The second-order valence-corrected chi connectivity index (χ2v) is 12.0. The van der Waals surface area contributed by atoms with Crippen molar-refractivity contribution in [3.05, 3.63) is 53.8 Å². The summed E-state index contributed by atoms with van der Waals surface area (Å²) in [6.07, 6.45) is -3.81. The molecule has 1 N–H and O–H groups in total. The number of hydrogen-bond acceptors (Lipinski definition) is 6. The van der Waals surface area contributed by atoms with Gasteiger partial charge in [-0.1, -0.05) is 17.4 Å². The lowest BCUT2D eigenvalue weighted by atomic mass is 10.0. The van der Waals surface area contributed by atoms with Crippen LogP contribution in [0.25, 0.3) is 10.2 Å². The van der Waals surface area contributed by atoms with Crippen LogP contribution in [-0.2, 0) is 21.0 Å². The van der Waals surface area contributed by atoms with Crippen molar-refractivity contribution in [2.24, 2.45) is 0 Å². The van der Waals surface area contributed by atoms with E-state index in [1.165, 1.54) is 39.9 Å². The molecule has 0 bridgehead atoms. The number of carbonyl (C=O) groups is 1. The zero-order chi connectivity index (χ0) is 27.0. The summed E-state index contributed by atoms with van der Waals surface area (Å²) in [7, 11) is -4.18. The summed E-state index contributed by atoms with van der Waals surface area (Å²) in [5.74, 6) is -0.683. The van der Waals surface area contributed by atoms with Crippen LogP contribution in [0.2, 0.25) is 0 Å². The van der Waals surface area contributed by atoms with Gasteiger partial charge < -0.3 is 5.32 Å². The number of benzene rings is 2. The van der Waals surface area contributed by atoms with E-state index in [-0.39, 0.29) is 18.3 Å². The van der Waals surface area contributed by atoms with Gasteiger partial charge in [0.05, 0.1) is 27.2 Å². The number of nitrogens with zero attached hydrogens (tertiary/aromatic N) is 3. The summed E-state index contributed by atoms with van der Waals surface area (Å²) in [6.45, 7) is 4.32. The van der Waals surface area contributed by atoms with Crippen LogP contribution in [0.4, 0.5) is 22.7 Å². The minimum atomic E-state index is -4.65. The fourth-order valence-corrected chi connectivity index (χ4v) is 7.33. The average Bonchev–Trinajstić information content (AvgIpc) is 3.20. The number of aromatic nitrogens is 1. The predicted molar refractivity (Wildman–Crippen MR) is 133 cm³/mol. The van der Waals surface area contributed by atoms with Crippen molar-refractivity contribution in [3.8, 4) is 0 Å². The number of fused-ring (bicyclic) bond motifs is 1. The predicted octanol–water partition coefficient (Wildman–Crippen LogP) is 4.96. The van der Waals surface area contributed by atoms with Crippen molar-refractivity contribution in [2.75, 3.05) is 25.0 Å². The Kier molecular flexibility index (Phi) is 7.88. The Morgan fingerprint density at radius 2 is 1.89 bits per heavy atom. The second-order valence-electron chi connectivity index (χ2n) is 9.14. The van der Waals surface area contributed by atoms with Gasteiger partial charge in [0, 0.05) is 25.2 Å². The number of sulfonamides is 1. The van der Waals surface area contributed by atoms with E-state index in [4.69, 9.17) is 0 Å². The molecule has 37 heavy (non-hydrogen) atoms.